The number of hydrazine groups is 1. The topological polar surface area (TPSA) is 120 Å². The second-order valence-corrected chi connectivity index (χ2v) is 12.7. The number of fused-ring (bicyclic) bond motifs is 1. The zero-order valence-electron chi connectivity index (χ0n) is 28.0. The number of carbonyl (C=O) groups excluding carboxylic acids is 2. The SMILES string of the molecule is C[C@]12CCCN1N(Cc1ccc(OCCN3CCOCC3)c(F)c1F)C(=O)C(C(=O)Nc1ccc(C(F)(F)F)nc1-c1cncc(C(F)(F)F)c1)=C2O. The molecule has 53 heavy (non-hydrogen) atoms. The number of pyridine rings is 2. The Morgan fingerprint density at radius 1 is 1.02 bits per heavy atom. The monoisotopic (exact) mass is 756 g/mol. The molecule has 5 heterocycles. The number of nitrogens with one attached hydrogen (secondary N) is 1. The van der Waals surface area contributed by atoms with E-state index in [2.05, 4.69) is 15.3 Å². The number of carbonyl (C=O) groups is 2. The molecule has 1 atom stereocenters. The maximum absolute atomic E-state index is 15.5. The zero-order chi connectivity index (χ0) is 38.3. The van der Waals surface area contributed by atoms with Crippen LogP contribution in [0.15, 0.2) is 54.1 Å². The molecule has 2 saturated heterocycles. The lowest BCUT2D eigenvalue weighted by molar-refractivity contribution is -0.160. The van der Waals surface area contributed by atoms with Crippen LogP contribution in [-0.4, -0.2) is 93.3 Å². The smallest absolute Gasteiger partial charge is 0.433 e. The Hall–Kier alpha value is -4.88. The molecule has 3 aliphatic rings. The lowest BCUT2D eigenvalue weighted by Gasteiger charge is -2.46. The number of aliphatic hydroxyl groups is 1. The maximum atomic E-state index is 15.5. The van der Waals surface area contributed by atoms with Crippen LogP contribution in [0.3, 0.4) is 0 Å². The second kappa shape index (κ2) is 14.5. The first-order valence-electron chi connectivity index (χ1n) is 16.3. The summed E-state index contributed by atoms with van der Waals surface area (Å²) >= 11 is 0. The first kappa shape index (κ1) is 37.9. The van der Waals surface area contributed by atoms with Gasteiger partial charge in [-0.2, -0.15) is 30.7 Å². The number of morpholine rings is 1. The molecule has 0 saturated carbocycles. The van der Waals surface area contributed by atoms with Crippen molar-refractivity contribution >= 4 is 17.5 Å². The molecule has 284 valence electrons. The van der Waals surface area contributed by atoms with Gasteiger partial charge < -0.3 is 19.9 Å². The van der Waals surface area contributed by atoms with Crippen LogP contribution >= 0.6 is 0 Å². The predicted molar refractivity (Wildman–Crippen MR) is 170 cm³/mol. The van der Waals surface area contributed by atoms with Gasteiger partial charge >= 0.3 is 12.4 Å². The first-order chi connectivity index (χ1) is 25.0. The van der Waals surface area contributed by atoms with E-state index in [-0.39, 0.29) is 30.9 Å². The van der Waals surface area contributed by atoms with E-state index in [9.17, 15) is 41.0 Å². The highest BCUT2D eigenvalue weighted by Crippen LogP contribution is 2.43. The summed E-state index contributed by atoms with van der Waals surface area (Å²) in [6, 6.07) is 4.10. The van der Waals surface area contributed by atoms with Gasteiger partial charge in [-0.1, -0.05) is 6.07 Å². The number of hydrogen-bond donors (Lipinski definition) is 2. The average Bonchev–Trinajstić information content (AvgIpc) is 3.52. The summed E-state index contributed by atoms with van der Waals surface area (Å²) in [5.74, 6) is -6.18. The van der Waals surface area contributed by atoms with Crippen molar-refractivity contribution in [2.45, 2.75) is 44.2 Å². The normalized spacial score (nSPS) is 20.2. The van der Waals surface area contributed by atoms with Gasteiger partial charge in [0.15, 0.2) is 11.6 Å². The molecule has 2 amide bonds. The van der Waals surface area contributed by atoms with Crippen LogP contribution in [-0.2, 0) is 33.2 Å². The molecular formula is C34H32F8N6O5. The number of anilines is 1. The van der Waals surface area contributed by atoms with Crippen LogP contribution in [0.5, 0.6) is 5.75 Å². The molecule has 2 aromatic heterocycles. The van der Waals surface area contributed by atoms with Crippen LogP contribution in [0.4, 0.5) is 40.8 Å². The summed E-state index contributed by atoms with van der Waals surface area (Å²) < 4.78 is 123. The number of aliphatic hydroxyl groups excluding tert-OH is 1. The molecule has 3 aliphatic heterocycles. The Balaban J connectivity index is 1.28. The highest BCUT2D eigenvalue weighted by Gasteiger charge is 2.53. The number of halogens is 8. The Kier molecular flexibility index (Phi) is 10.4. The predicted octanol–water partition coefficient (Wildman–Crippen LogP) is 5.73. The summed E-state index contributed by atoms with van der Waals surface area (Å²) in [6.07, 6.45) is -8.09. The van der Waals surface area contributed by atoms with E-state index in [1.54, 1.807) is 0 Å². The zero-order valence-corrected chi connectivity index (χ0v) is 28.0. The lowest BCUT2D eigenvalue weighted by atomic mass is 9.90. The number of amides is 2. The third kappa shape index (κ3) is 7.63. The molecule has 0 bridgehead atoms. The van der Waals surface area contributed by atoms with Crippen LogP contribution in [0, 0.1) is 11.6 Å². The van der Waals surface area contributed by atoms with Crippen molar-refractivity contribution in [3.63, 3.8) is 0 Å². The minimum atomic E-state index is -5.03. The standard InChI is InChI=1S/C34H32F8N6O5/c1-32-7-2-8-48(32)47(18-19-3-5-23(27(36)26(19)35)53-14-11-46-9-12-52-13-10-46)31(51)25(29(32)49)30(50)44-22-4-6-24(34(40,41)42)45-28(22)20-15-21(17-43-16-20)33(37,38)39/h3-6,15-17,49H,2,7-14,18H2,1H3,(H,44,50)/t32-/m1/s1. The summed E-state index contributed by atoms with van der Waals surface area (Å²) in [6.45, 7) is 4.01. The van der Waals surface area contributed by atoms with Crippen molar-refractivity contribution < 1.29 is 59.3 Å². The first-order valence-corrected chi connectivity index (χ1v) is 16.3. The lowest BCUT2D eigenvalue weighted by Crippen LogP contribution is -2.60. The van der Waals surface area contributed by atoms with Gasteiger partial charge in [0.05, 0.1) is 42.2 Å². The summed E-state index contributed by atoms with van der Waals surface area (Å²) in [5, 5.41) is 15.9. The van der Waals surface area contributed by atoms with Gasteiger partial charge in [-0.25, -0.2) is 14.4 Å². The molecule has 0 aliphatic carbocycles. The maximum Gasteiger partial charge on any atom is 0.433 e. The summed E-state index contributed by atoms with van der Waals surface area (Å²) in [7, 11) is 0. The fourth-order valence-corrected chi connectivity index (χ4v) is 6.47. The molecule has 6 rings (SSSR count). The molecule has 0 spiro atoms. The fraction of sp³-hybridized carbons (Fsp3) is 0.412. The molecule has 0 radical (unpaired) electrons. The van der Waals surface area contributed by atoms with E-state index in [1.807, 2.05) is 4.90 Å². The highest BCUT2D eigenvalue weighted by atomic mass is 19.4. The largest absolute Gasteiger partial charge is 0.509 e. The molecule has 11 nitrogen and oxygen atoms in total. The Labute approximate surface area is 296 Å². The van der Waals surface area contributed by atoms with E-state index in [4.69, 9.17) is 9.47 Å². The van der Waals surface area contributed by atoms with Crippen molar-refractivity contribution in [3.8, 4) is 17.0 Å². The number of aromatic nitrogens is 2. The molecule has 2 fully saturated rings. The van der Waals surface area contributed by atoms with Crippen molar-refractivity contribution in [2.75, 3.05) is 51.3 Å². The molecule has 1 aromatic carbocycles. The Morgan fingerprint density at radius 2 is 1.75 bits per heavy atom. The van der Waals surface area contributed by atoms with Gasteiger partial charge in [0.2, 0.25) is 5.82 Å². The van der Waals surface area contributed by atoms with Crippen LogP contribution in [0.2, 0.25) is 0 Å². The number of alkyl halides is 6. The van der Waals surface area contributed by atoms with Crippen LogP contribution < -0.4 is 10.1 Å². The third-order valence-corrected chi connectivity index (χ3v) is 9.31. The minimum Gasteiger partial charge on any atom is -0.509 e. The van der Waals surface area contributed by atoms with Gasteiger partial charge in [0, 0.05) is 49.7 Å². The van der Waals surface area contributed by atoms with Crippen LogP contribution in [0.25, 0.3) is 11.3 Å². The molecule has 19 heteroatoms. The van der Waals surface area contributed by atoms with E-state index < -0.39 is 87.4 Å². The van der Waals surface area contributed by atoms with Crippen molar-refractivity contribution in [3.05, 3.63) is 82.5 Å². The third-order valence-electron chi connectivity index (χ3n) is 9.31. The van der Waals surface area contributed by atoms with Crippen LogP contribution in [0.1, 0.15) is 36.6 Å². The van der Waals surface area contributed by atoms with E-state index in [0.29, 0.717) is 57.6 Å². The molecule has 0 unspecified atom stereocenters. The number of ether oxygens (including phenoxy) is 2. The molecular weight excluding hydrogens is 724 g/mol. The Bertz CT molecular complexity index is 1930. The van der Waals surface area contributed by atoms with Gasteiger partial charge in [-0.05, 0) is 44.0 Å². The number of benzene rings is 1. The number of rotatable bonds is 9. The molecule has 3 aromatic rings. The highest BCUT2D eigenvalue weighted by molar-refractivity contribution is 6.24. The fourth-order valence-electron chi connectivity index (χ4n) is 6.47. The van der Waals surface area contributed by atoms with Crippen molar-refractivity contribution in [2.24, 2.45) is 0 Å². The number of nitrogens with zero attached hydrogens (tertiary/aromatic N) is 5. The van der Waals surface area contributed by atoms with Crippen molar-refractivity contribution in [1.29, 1.82) is 0 Å². The van der Waals surface area contributed by atoms with Gasteiger partial charge in [-0.15, -0.1) is 0 Å². The minimum absolute atomic E-state index is 0.0649. The Morgan fingerprint density at radius 3 is 2.45 bits per heavy atom. The van der Waals surface area contributed by atoms with E-state index >= 15 is 8.78 Å². The van der Waals surface area contributed by atoms with Crippen molar-refractivity contribution in [1.82, 2.24) is 24.9 Å². The van der Waals surface area contributed by atoms with Gasteiger partial charge in [0.1, 0.15) is 23.6 Å². The molecule has 2 N–H and O–H groups in total. The summed E-state index contributed by atoms with van der Waals surface area (Å²) in [5.41, 5.74) is -7.22. The van der Waals surface area contributed by atoms with Gasteiger partial charge in [0.25, 0.3) is 11.8 Å². The number of hydrogen-bond acceptors (Lipinski definition) is 9. The van der Waals surface area contributed by atoms with E-state index in [0.717, 1.165) is 17.3 Å². The summed E-state index contributed by atoms with van der Waals surface area (Å²) in [4.78, 5) is 36.7. The average molecular weight is 757 g/mol. The quantitative estimate of drug-likeness (QED) is 0.208. The van der Waals surface area contributed by atoms with Gasteiger partial charge in [-0.3, -0.25) is 24.5 Å². The second-order valence-electron chi connectivity index (χ2n) is 12.7. The van der Waals surface area contributed by atoms with E-state index in [1.165, 1.54) is 24.1 Å².